The van der Waals surface area contributed by atoms with Crippen LogP contribution in [0.3, 0.4) is 0 Å². The van der Waals surface area contributed by atoms with Crippen molar-refractivity contribution in [3.63, 3.8) is 0 Å². The number of para-hydroxylation sites is 2. The number of carbonyl (C=O) groups is 3. The fourth-order valence-corrected chi connectivity index (χ4v) is 5.24. The van der Waals surface area contributed by atoms with Gasteiger partial charge < -0.3 is 34.4 Å². The average Bonchev–Trinajstić information content (AvgIpc) is 3.57. The highest BCUT2D eigenvalue weighted by atomic mass is 16.5. The molecule has 0 aliphatic carbocycles. The van der Waals surface area contributed by atoms with Crippen LogP contribution in [0.15, 0.2) is 24.3 Å². The molecule has 12 nitrogen and oxygen atoms in total. The zero-order valence-corrected chi connectivity index (χ0v) is 20.4. The molecule has 0 radical (unpaired) electrons. The summed E-state index contributed by atoms with van der Waals surface area (Å²) in [6, 6.07) is 8.04. The molecule has 3 saturated heterocycles. The van der Waals surface area contributed by atoms with Gasteiger partial charge in [0.1, 0.15) is 0 Å². The van der Waals surface area contributed by atoms with Crippen LogP contribution < -0.4 is 4.90 Å². The van der Waals surface area contributed by atoms with Gasteiger partial charge in [0.05, 0.1) is 36.3 Å². The summed E-state index contributed by atoms with van der Waals surface area (Å²) >= 11 is 0. The Bertz CT molecular complexity index is 1000. The molecule has 3 N–H and O–H groups in total. The number of ether oxygens (including phenoxy) is 1. The number of aliphatic hydroxyl groups excluding tert-OH is 1. The number of imidazole rings is 1. The second-order valence-electron chi connectivity index (χ2n) is 8.93. The van der Waals surface area contributed by atoms with E-state index in [2.05, 4.69) is 19.3 Å². The molecule has 12 heteroatoms. The van der Waals surface area contributed by atoms with Gasteiger partial charge in [0.2, 0.25) is 11.9 Å². The predicted octanol–water partition coefficient (Wildman–Crippen LogP) is 0.191. The highest BCUT2D eigenvalue weighted by molar-refractivity contribution is 5.86. The molecule has 2 aromatic rings. The van der Waals surface area contributed by atoms with E-state index < -0.39 is 0 Å². The normalized spacial score (nSPS) is 21.8. The molecule has 1 aromatic carbocycles. The van der Waals surface area contributed by atoms with Crippen molar-refractivity contribution in [3.05, 3.63) is 24.3 Å². The van der Waals surface area contributed by atoms with Crippen molar-refractivity contribution in [1.29, 1.82) is 0 Å². The molecule has 1 atom stereocenters. The number of hydrogen-bond donors (Lipinski definition) is 3. The Morgan fingerprint density at radius 2 is 1.64 bits per heavy atom. The van der Waals surface area contributed by atoms with Crippen LogP contribution in [0.25, 0.3) is 11.0 Å². The van der Waals surface area contributed by atoms with E-state index in [0.717, 1.165) is 82.3 Å². The Labute approximate surface area is 209 Å². The fourth-order valence-electron chi connectivity index (χ4n) is 5.24. The van der Waals surface area contributed by atoms with E-state index in [0.29, 0.717) is 19.0 Å². The van der Waals surface area contributed by atoms with Crippen molar-refractivity contribution in [2.24, 2.45) is 5.41 Å². The first kappa shape index (κ1) is 27.4. The standard InChI is InChI=1S/C22H31N5O3.2CH2O2/c28-14-11-27-19-4-2-1-3-18(19)23-21(27)26-8-6-22(17-26)5-7-25(20(22)29)10-9-24-12-15-30-16-13-24;2*2-1-3/h1-4,28H,5-17H2;2*1H,(H,2,3). The highest BCUT2D eigenvalue weighted by Gasteiger charge is 2.51. The molecule has 3 aliphatic rings. The van der Waals surface area contributed by atoms with Gasteiger partial charge in [-0.2, -0.15) is 0 Å². The molecular weight excluding hydrogens is 470 g/mol. The SMILES string of the molecule is O=C1N(CCN2CCOCC2)CCC12CCN(c1nc3ccccc3n1CCO)C2.O=CO.O=CO. The lowest BCUT2D eigenvalue weighted by Gasteiger charge is -2.29. The molecule has 4 heterocycles. The van der Waals surface area contributed by atoms with Crippen LogP contribution in [0, 0.1) is 5.41 Å². The van der Waals surface area contributed by atoms with E-state index in [9.17, 15) is 9.90 Å². The molecule has 0 bridgehead atoms. The lowest BCUT2D eigenvalue weighted by Crippen LogP contribution is -2.43. The minimum absolute atomic E-state index is 0.0700. The van der Waals surface area contributed by atoms with Crippen LogP contribution in [-0.4, -0.2) is 119 Å². The quantitative estimate of drug-likeness (QED) is 0.465. The summed E-state index contributed by atoms with van der Waals surface area (Å²) in [5.74, 6) is 1.18. The van der Waals surface area contributed by atoms with Crippen molar-refractivity contribution >= 4 is 35.8 Å². The molecule has 5 rings (SSSR count). The summed E-state index contributed by atoms with van der Waals surface area (Å²) < 4.78 is 7.51. The Hall–Kier alpha value is -3.22. The first-order chi connectivity index (χ1) is 17.5. The van der Waals surface area contributed by atoms with E-state index >= 15 is 0 Å². The molecule has 0 saturated carbocycles. The van der Waals surface area contributed by atoms with Crippen molar-refractivity contribution in [2.45, 2.75) is 19.4 Å². The van der Waals surface area contributed by atoms with Gasteiger partial charge in [-0.15, -0.1) is 0 Å². The molecule has 3 aliphatic heterocycles. The Morgan fingerprint density at radius 1 is 0.972 bits per heavy atom. The highest BCUT2D eigenvalue weighted by Crippen LogP contribution is 2.42. The second-order valence-corrected chi connectivity index (χ2v) is 8.93. The number of morpholine rings is 1. The maximum Gasteiger partial charge on any atom is 0.290 e. The molecule has 3 fully saturated rings. The van der Waals surface area contributed by atoms with Gasteiger partial charge in [-0.3, -0.25) is 19.3 Å². The number of amides is 1. The Morgan fingerprint density at radius 3 is 2.33 bits per heavy atom. The number of nitrogens with zero attached hydrogens (tertiary/aromatic N) is 5. The number of anilines is 1. The number of aromatic nitrogens is 2. The van der Waals surface area contributed by atoms with E-state index in [4.69, 9.17) is 29.5 Å². The van der Waals surface area contributed by atoms with Gasteiger partial charge in [-0.05, 0) is 25.0 Å². The zero-order valence-electron chi connectivity index (χ0n) is 20.4. The molecule has 198 valence electrons. The van der Waals surface area contributed by atoms with Crippen molar-refractivity contribution in [3.8, 4) is 0 Å². The molecule has 1 spiro atoms. The fraction of sp³-hybridized carbons (Fsp3) is 0.583. The summed E-state index contributed by atoms with van der Waals surface area (Å²) in [6.45, 7) is 7.73. The van der Waals surface area contributed by atoms with Crippen LogP contribution in [-0.2, 0) is 25.7 Å². The van der Waals surface area contributed by atoms with Gasteiger partial charge in [0, 0.05) is 52.4 Å². The first-order valence-corrected chi connectivity index (χ1v) is 12.1. The first-order valence-electron chi connectivity index (χ1n) is 12.1. The average molecular weight is 506 g/mol. The monoisotopic (exact) mass is 505 g/mol. The van der Waals surface area contributed by atoms with Crippen molar-refractivity contribution in [2.75, 3.05) is 70.5 Å². The number of carboxylic acid groups (broad SMARTS) is 2. The van der Waals surface area contributed by atoms with Crippen LogP contribution in [0.2, 0.25) is 0 Å². The number of aliphatic hydroxyl groups is 1. The Balaban J connectivity index is 0.000000550. The summed E-state index contributed by atoms with van der Waals surface area (Å²) in [6.07, 6.45) is 1.80. The number of carbonyl (C=O) groups excluding carboxylic acids is 1. The maximum atomic E-state index is 13.4. The molecule has 1 amide bonds. The van der Waals surface area contributed by atoms with Gasteiger partial charge in [0.25, 0.3) is 12.9 Å². The summed E-state index contributed by atoms with van der Waals surface area (Å²) in [5, 5.41) is 23.4. The van der Waals surface area contributed by atoms with Gasteiger partial charge in [-0.25, -0.2) is 4.98 Å². The second kappa shape index (κ2) is 13.2. The summed E-state index contributed by atoms with van der Waals surface area (Å²) in [5.41, 5.74) is 1.69. The minimum Gasteiger partial charge on any atom is -0.483 e. The van der Waals surface area contributed by atoms with E-state index in [1.165, 1.54) is 0 Å². The zero-order chi connectivity index (χ0) is 26.0. The number of hydrogen-bond acceptors (Lipinski definition) is 8. The largest absolute Gasteiger partial charge is 0.483 e. The molecule has 1 unspecified atom stereocenters. The van der Waals surface area contributed by atoms with Gasteiger partial charge in [0.15, 0.2) is 0 Å². The summed E-state index contributed by atoms with van der Waals surface area (Å²) in [4.78, 5) is 41.6. The van der Waals surface area contributed by atoms with Gasteiger partial charge in [-0.1, -0.05) is 12.1 Å². The smallest absolute Gasteiger partial charge is 0.290 e. The van der Waals surface area contributed by atoms with Crippen molar-refractivity contribution in [1.82, 2.24) is 19.4 Å². The third-order valence-corrected chi connectivity index (χ3v) is 6.99. The van der Waals surface area contributed by atoms with E-state index in [1.807, 2.05) is 24.3 Å². The number of fused-ring (bicyclic) bond motifs is 1. The molecule has 1 aromatic heterocycles. The number of benzene rings is 1. The minimum atomic E-state index is -0.285. The van der Waals surface area contributed by atoms with Gasteiger partial charge >= 0.3 is 0 Å². The Kier molecular flexibility index (Phi) is 10.0. The lowest BCUT2D eigenvalue weighted by molar-refractivity contribution is -0.135. The van der Waals surface area contributed by atoms with Crippen LogP contribution in [0.5, 0.6) is 0 Å². The lowest BCUT2D eigenvalue weighted by atomic mass is 9.85. The maximum absolute atomic E-state index is 13.4. The number of likely N-dealkylation sites (tertiary alicyclic amines) is 1. The number of rotatable bonds is 6. The third-order valence-electron chi connectivity index (χ3n) is 6.99. The van der Waals surface area contributed by atoms with Crippen LogP contribution in [0.1, 0.15) is 12.8 Å². The van der Waals surface area contributed by atoms with Crippen molar-refractivity contribution < 1.29 is 34.4 Å². The van der Waals surface area contributed by atoms with Crippen LogP contribution >= 0.6 is 0 Å². The molecular formula is C24H35N5O7. The van der Waals surface area contributed by atoms with Crippen LogP contribution in [0.4, 0.5) is 5.95 Å². The third kappa shape index (κ3) is 6.12. The predicted molar refractivity (Wildman–Crippen MR) is 132 cm³/mol. The topological polar surface area (TPSA) is 149 Å². The summed E-state index contributed by atoms with van der Waals surface area (Å²) in [7, 11) is 0. The van der Waals surface area contributed by atoms with E-state index in [1.54, 1.807) is 0 Å². The van der Waals surface area contributed by atoms with E-state index in [-0.39, 0.29) is 25.0 Å². The molecule has 36 heavy (non-hydrogen) atoms.